The van der Waals surface area contributed by atoms with Crippen LogP contribution in [0.5, 0.6) is 0 Å². The number of aliphatic hydroxyl groups excluding tert-OH is 1. The molecule has 23 heavy (non-hydrogen) atoms. The molecule has 3 rings (SSSR count). The van der Waals surface area contributed by atoms with E-state index in [1.807, 2.05) is 37.3 Å². The van der Waals surface area contributed by atoms with Gasteiger partial charge in [0, 0.05) is 11.7 Å². The Morgan fingerprint density at radius 2 is 1.70 bits per heavy atom. The van der Waals surface area contributed by atoms with Crippen molar-refractivity contribution >= 4 is 10.9 Å². The number of aromatic nitrogens is 1. The summed E-state index contributed by atoms with van der Waals surface area (Å²) in [6.45, 7) is 4.81. The maximum atomic E-state index is 10.9. The first-order chi connectivity index (χ1) is 11.1. The van der Waals surface area contributed by atoms with E-state index in [1.54, 1.807) is 0 Å². The smallest absolute Gasteiger partial charge is 0.149 e. The van der Waals surface area contributed by atoms with Crippen LogP contribution in [-0.2, 0) is 5.66 Å². The van der Waals surface area contributed by atoms with Gasteiger partial charge in [-0.05, 0) is 43.6 Å². The van der Waals surface area contributed by atoms with E-state index in [9.17, 15) is 5.11 Å². The molecule has 1 aromatic heterocycles. The molecule has 0 spiro atoms. The Hall–Kier alpha value is -2.10. The monoisotopic (exact) mass is 308 g/mol. The highest BCUT2D eigenvalue weighted by Crippen LogP contribution is 2.36. The molecule has 0 fully saturated rings. The second kappa shape index (κ2) is 6.19. The van der Waals surface area contributed by atoms with E-state index in [0.717, 1.165) is 17.6 Å². The number of rotatable bonds is 5. The zero-order valence-corrected chi connectivity index (χ0v) is 14.0. The molecule has 0 aliphatic rings. The lowest BCUT2D eigenvalue weighted by Gasteiger charge is -2.46. The molecule has 2 atom stereocenters. The van der Waals surface area contributed by atoms with Crippen LogP contribution in [0.3, 0.4) is 0 Å². The Bertz CT molecular complexity index is 778. The molecule has 0 bridgehead atoms. The average Bonchev–Trinajstić information content (AvgIpc) is 3.00. The topological polar surface area (TPSA) is 28.4 Å². The van der Waals surface area contributed by atoms with E-state index >= 15 is 0 Å². The van der Waals surface area contributed by atoms with Gasteiger partial charge in [-0.2, -0.15) is 0 Å². The summed E-state index contributed by atoms with van der Waals surface area (Å²) in [6.07, 6.45) is 1.50. The molecule has 0 amide bonds. The predicted molar refractivity (Wildman–Crippen MR) is 95.4 cm³/mol. The standard InChI is InChI=1S/C20H24N2O/c1-4-21(3)20(16(2)23,18-11-6-5-7-12-18)22-15-14-17-10-8-9-13-19(17)22/h5-16,23H,4H2,1-3H3. The van der Waals surface area contributed by atoms with Gasteiger partial charge in [-0.1, -0.05) is 55.5 Å². The second-order valence-corrected chi connectivity index (χ2v) is 6.03. The zero-order chi connectivity index (χ0) is 16.4. The minimum absolute atomic E-state index is 0.578. The van der Waals surface area contributed by atoms with Crippen molar-refractivity contribution in [2.75, 3.05) is 13.6 Å². The van der Waals surface area contributed by atoms with Gasteiger partial charge >= 0.3 is 0 Å². The van der Waals surface area contributed by atoms with E-state index in [4.69, 9.17) is 0 Å². The summed E-state index contributed by atoms with van der Waals surface area (Å²) < 4.78 is 2.20. The van der Waals surface area contributed by atoms with E-state index in [1.165, 1.54) is 5.39 Å². The molecule has 0 saturated heterocycles. The van der Waals surface area contributed by atoms with E-state index < -0.39 is 11.8 Å². The van der Waals surface area contributed by atoms with Crippen molar-refractivity contribution in [3.63, 3.8) is 0 Å². The number of hydrogen-bond acceptors (Lipinski definition) is 2. The van der Waals surface area contributed by atoms with Crippen molar-refractivity contribution in [1.82, 2.24) is 9.47 Å². The molecule has 0 aliphatic carbocycles. The molecule has 2 aromatic carbocycles. The van der Waals surface area contributed by atoms with Crippen LogP contribution in [0.4, 0.5) is 0 Å². The minimum Gasteiger partial charge on any atom is -0.389 e. The number of fused-ring (bicyclic) bond motifs is 1. The molecule has 0 aliphatic heterocycles. The largest absolute Gasteiger partial charge is 0.389 e. The van der Waals surface area contributed by atoms with Gasteiger partial charge in [0.2, 0.25) is 0 Å². The summed E-state index contributed by atoms with van der Waals surface area (Å²) in [7, 11) is 2.06. The number of para-hydroxylation sites is 1. The van der Waals surface area contributed by atoms with Gasteiger partial charge in [-0.15, -0.1) is 0 Å². The fourth-order valence-corrected chi connectivity index (χ4v) is 3.61. The summed E-state index contributed by atoms with van der Waals surface area (Å²) in [6, 6.07) is 20.7. The molecular formula is C20H24N2O. The van der Waals surface area contributed by atoms with Crippen molar-refractivity contribution in [2.24, 2.45) is 0 Å². The Balaban J connectivity index is 2.35. The minimum atomic E-state index is -0.640. The third-order valence-corrected chi connectivity index (χ3v) is 4.80. The molecule has 0 saturated carbocycles. The highest BCUT2D eigenvalue weighted by Gasteiger charge is 2.43. The van der Waals surface area contributed by atoms with Crippen LogP contribution in [-0.4, -0.2) is 34.3 Å². The number of hydrogen-bond donors (Lipinski definition) is 1. The summed E-state index contributed by atoms with van der Waals surface area (Å²) >= 11 is 0. The molecular weight excluding hydrogens is 284 g/mol. The van der Waals surface area contributed by atoms with E-state index in [-0.39, 0.29) is 0 Å². The van der Waals surface area contributed by atoms with Crippen molar-refractivity contribution < 1.29 is 5.11 Å². The maximum absolute atomic E-state index is 10.9. The van der Waals surface area contributed by atoms with Crippen molar-refractivity contribution in [3.8, 4) is 0 Å². The molecule has 3 aromatic rings. The number of benzene rings is 2. The van der Waals surface area contributed by atoms with Crippen LogP contribution in [0.2, 0.25) is 0 Å². The van der Waals surface area contributed by atoms with Crippen molar-refractivity contribution in [1.29, 1.82) is 0 Å². The third-order valence-electron chi connectivity index (χ3n) is 4.80. The lowest BCUT2D eigenvalue weighted by Crippen LogP contribution is -2.56. The van der Waals surface area contributed by atoms with Gasteiger partial charge in [0.05, 0.1) is 6.10 Å². The van der Waals surface area contributed by atoms with E-state index in [0.29, 0.717) is 0 Å². The summed E-state index contributed by atoms with van der Waals surface area (Å²) in [5.41, 5.74) is 1.57. The molecule has 3 nitrogen and oxygen atoms in total. The summed E-state index contributed by atoms with van der Waals surface area (Å²) in [4.78, 5) is 2.21. The highest BCUT2D eigenvalue weighted by atomic mass is 16.3. The number of aliphatic hydroxyl groups is 1. The first-order valence-electron chi connectivity index (χ1n) is 8.13. The average molecular weight is 308 g/mol. The van der Waals surface area contributed by atoms with Crippen LogP contribution in [0.15, 0.2) is 66.9 Å². The molecule has 120 valence electrons. The van der Waals surface area contributed by atoms with Crippen LogP contribution >= 0.6 is 0 Å². The second-order valence-electron chi connectivity index (χ2n) is 6.03. The van der Waals surface area contributed by atoms with Crippen LogP contribution in [0.1, 0.15) is 19.4 Å². The maximum Gasteiger partial charge on any atom is 0.149 e. The van der Waals surface area contributed by atoms with Gasteiger partial charge in [-0.3, -0.25) is 4.90 Å². The van der Waals surface area contributed by atoms with Crippen LogP contribution in [0, 0.1) is 0 Å². The molecule has 1 heterocycles. The summed E-state index contributed by atoms with van der Waals surface area (Å²) in [5.74, 6) is 0. The molecule has 2 unspecified atom stereocenters. The Morgan fingerprint density at radius 3 is 2.35 bits per heavy atom. The van der Waals surface area contributed by atoms with Gasteiger partial charge in [0.25, 0.3) is 0 Å². The number of nitrogens with zero attached hydrogens (tertiary/aromatic N) is 2. The van der Waals surface area contributed by atoms with Crippen molar-refractivity contribution in [3.05, 3.63) is 72.4 Å². The van der Waals surface area contributed by atoms with Crippen molar-refractivity contribution in [2.45, 2.75) is 25.6 Å². The molecule has 3 heteroatoms. The fourth-order valence-electron chi connectivity index (χ4n) is 3.61. The number of likely N-dealkylation sites (N-methyl/N-ethyl adjacent to an activating group) is 1. The normalized spacial score (nSPS) is 15.7. The van der Waals surface area contributed by atoms with Crippen LogP contribution < -0.4 is 0 Å². The Kier molecular flexibility index (Phi) is 4.24. The lowest BCUT2D eigenvalue weighted by atomic mass is 9.91. The predicted octanol–water partition coefficient (Wildman–Crippen LogP) is 3.67. The lowest BCUT2D eigenvalue weighted by molar-refractivity contribution is -0.0302. The van der Waals surface area contributed by atoms with Gasteiger partial charge in [0.1, 0.15) is 5.66 Å². The molecule has 0 radical (unpaired) electrons. The fraction of sp³-hybridized carbons (Fsp3) is 0.300. The first kappa shape index (κ1) is 15.8. The highest BCUT2D eigenvalue weighted by molar-refractivity contribution is 5.80. The van der Waals surface area contributed by atoms with Gasteiger partial charge in [0.15, 0.2) is 0 Å². The zero-order valence-electron chi connectivity index (χ0n) is 14.0. The van der Waals surface area contributed by atoms with Crippen LogP contribution in [0.25, 0.3) is 10.9 Å². The molecule has 1 N–H and O–H groups in total. The quantitative estimate of drug-likeness (QED) is 0.779. The Morgan fingerprint density at radius 1 is 1.04 bits per heavy atom. The van der Waals surface area contributed by atoms with E-state index in [2.05, 4.69) is 60.0 Å². The van der Waals surface area contributed by atoms with Gasteiger partial charge in [-0.25, -0.2) is 0 Å². The third kappa shape index (κ3) is 2.37. The Labute approximate surface area is 137 Å². The first-order valence-corrected chi connectivity index (χ1v) is 8.13. The SMILES string of the molecule is CCN(C)C(c1ccccc1)(C(C)O)n1ccc2ccccc21. The van der Waals surface area contributed by atoms with Gasteiger partial charge < -0.3 is 9.67 Å². The summed E-state index contributed by atoms with van der Waals surface area (Å²) in [5, 5.41) is 12.1.